The lowest BCUT2D eigenvalue weighted by atomic mass is 10.2. The molecule has 0 aliphatic rings. The summed E-state index contributed by atoms with van der Waals surface area (Å²) >= 11 is 1.21. The number of rotatable bonds is 4. The Labute approximate surface area is 121 Å². The van der Waals surface area contributed by atoms with Crippen molar-refractivity contribution >= 4 is 29.7 Å². The van der Waals surface area contributed by atoms with Gasteiger partial charge in [-0.2, -0.15) is 0 Å². The van der Waals surface area contributed by atoms with Crippen molar-refractivity contribution in [1.29, 1.82) is 0 Å². The van der Waals surface area contributed by atoms with Crippen LogP contribution >= 0.6 is 11.8 Å². The van der Waals surface area contributed by atoms with Gasteiger partial charge in [0.15, 0.2) is 6.29 Å². The van der Waals surface area contributed by atoms with Crippen LogP contribution in [0.25, 0.3) is 5.65 Å². The molecule has 0 saturated heterocycles. The smallest absolute Gasteiger partial charge is 0.316 e. The lowest BCUT2D eigenvalue weighted by molar-refractivity contribution is -0.151. The van der Waals surface area contributed by atoms with Gasteiger partial charge < -0.3 is 4.74 Å². The Balaban J connectivity index is 2.14. The summed E-state index contributed by atoms with van der Waals surface area (Å²) in [6.45, 7) is 5.45. The fourth-order valence-corrected chi connectivity index (χ4v) is 2.47. The summed E-state index contributed by atoms with van der Waals surface area (Å²) in [5.74, 6) is -0.196. The van der Waals surface area contributed by atoms with Crippen molar-refractivity contribution in [3.8, 4) is 0 Å². The van der Waals surface area contributed by atoms with Crippen molar-refractivity contribution in [1.82, 2.24) is 9.38 Å². The second kappa shape index (κ2) is 5.66. The first-order valence-electron chi connectivity index (χ1n) is 6.17. The van der Waals surface area contributed by atoms with Crippen molar-refractivity contribution in [2.24, 2.45) is 0 Å². The van der Waals surface area contributed by atoms with E-state index in [0.717, 1.165) is 6.29 Å². The normalized spacial score (nSPS) is 11.6. The number of nitrogens with zero attached hydrogens (tertiary/aromatic N) is 2. The van der Waals surface area contributed by atoms with Crippen LogP contribution in [-0.2, 0) is 9.53 Å². The molecule has 106 valence electrons. The Kier molecular flexibility index (Phi) is 4.13. The molecule has 5 nitrogen and oxygen atoms in total. The van der Waals surface area contributed by atoms with E-state index in [1.165, 1.54) is 11.8 Å². The lowest BCUT2D eigenvalue weighted by Crippen LogP contribution is -2.24. The molecular weight excluding hydrogens is 276 g/mol. The molecule has 0 fully saturated rings. The number of aldehydes is 1. The molecular formula is C14H16N2O3S. The number of ether oxygens (including phenoxy) is 1. The van der Waals surface area contributed by atoms with E-state index in [2.05, 4.69) is 4.98 Å². The third-order valence-electron chi connectivity index (χ3n) is 2.39. The fraction of sp³-hybridized carbons (Fsp3) is 0.357. The molecule has 0 amide bonds. The van der Waals surface area contributed by atoms with Gasteiger partial charge in [0.1, 0.15) is 22.0 Å². The summed E-state index contributed by atoms with van der Waals surface area (Å²) in [6, 6.07) is 5.48. The van der Waals surface area contributed by atoms with Gasteiger partial charge in [-0.25, -0.2) is 4.98 Å². The summed E-state index contributed by atoms with van der Waals surface area (Å²) in [5, 5.41) is 0.539. The maximum Gasteiger partial charge on any atom is 0.316 e. The zero-order chi connectivity index (χ0) is 14.8. The summed E-state index contributed by atoms with van der Waals surface area (Å²) in [4.78, 5) is 27.2. The van der Waals surface area contributed by atoms with Crippen molar-refractivity contribution in [3.63, 3.8) is 0 Å². The number of hydrogen-bond acceptors (Lipinski definition) is 5. The molecule has 2 aromatic rings. The van der Waals surface area contributed by atoms with E-state index >= 15 is 0 Å². The van der Waals surface area contributed by atoms with Gasteiger partial charge in [-0.3, -0.25) is 14.0 Å². The SMILES string of the molecule is CC(C)(C)OC(=O)CSc1nc2ccccn2c1C=O. The zero-order valence-electron chi connectivity index (χ0n) is 11.6. The highest BCUT2D eigenvalue weighted by atomic mass is 32.2. The van der Waals surface area contributed by atoms with Crippen LogP contribution in [0.15, 0.2) is 29.4 Å². The molecule has 0 atom stereocenters. The molecule has 0 aliphatic heterocycles. The Morgan fingerprint density at radius 3 is 2.85 bits per heavy atom. The molecule has 0 radical (unpaired) electrons. The molecule has 0 aromatic carbocycles. The average molecular weight is 292 g/mol. The third-order valence-corrected chi connectivity index (χ3v) is 3.35. The molecule has 0 N–H and O–H groups in total. The molecule has 0 bridgehead atoms. The van der Waals surface area contributed by atoms with E-state index in [4.69, 9.17) is 4.74 Å². The maximum absolute atomic E-state index is 11.7. The number of esters is 1. The summed E-state index contributed by atoms with van der Waals surface area (Å²) < 4.78 is 6.92. The highest BCUT2D eigenvalue weighted by Crippen LogP contribution is 2.23. The van der Waals surface area contributed by atoms with Crippen molar-refractivity contribution in [3.05, 3.63) is 30.1 Å². The van der Waals surface area contributed by atoms with E-state index in [9.17, 15) is 9.59 Å². The molecule has 0 saturated carbocycles. The minimum Gasteiger partial charge on any atom is -0.459 e. The Morgan fingerprint density at radius 2 is 2.20 bits per heavy atom. The monoisotopic (exact) mass is 292 g/mol. The number of pyridine rings is 1. The second-order valence-electron chi connectivity index (χ2n) is 5.22. The van der Waals surface area contributed by atoms with Gasteiger partial charge in [-0.05, 0) is 32.9 Å². The molecule has 2 aromatic heterocycles. The van der Waals surface area contributed by atoms with Gasteiger partial charge in [0.2, 0.25) is 0 Å². The summed E-state index contributed by atoms with van der Waals surface area (Å²) in [7, 11) is 0. The van der Waals surface area contributed by atoms with E-state index < -0.39 is 5.60 Å². The fourth-order valence-electron chi connectivity index (χ4n) is 1.70. The number of fused-ring (bicyclic) bond motifs is 1. The second-order valence-corrected chi connectivity index (χ2v) is 6.19. The van der Waals surface area contributed by atoms with E-state index in [1.807, 2.05) is 39.0 Å². The quantitative estimate of drug-likeness (QED) is 0.492. The highest BCUT2D eigenvalue weighted by molar-refractivity contribution is 8.00. The van der Waals surface area contributed by atoms with Crippen LogP contribution in [0.5, 0.6) is 0 Å². The van der Waals surface area contributed by atoms with Gasteiger partial charge in [0.05, 0.1) is 5.75 Å². The number of carbonyl (C=O) groups excluding carboxylic acids is 2. The van der Waals surface area contributed by atoms with Gasteiger partial charge in [-0.1, -0.05) is 17.8 Å². The highest BCUT2D eigenvalue weighted by Gasteiger charge is 2.18. The molecule has 2 heterocycles. The minimum absolute atomic E-state index is 0.127. The van der Waals surface area contributed by atoms with Crippen LogP contribution in [0.1, 0.15) is 31.3 Å². The third kappa shape index (κ3) is 3.39. The summed E-state index contributed by atoms with van der Waals surface area (Å²) in [6.07, 6.45) is 2.51. The van der Waals surface area contributed by atoms with Gasteiger partial charge in [0.25, 0.3) is 0 Å². The first kappa shape index (κ1) is 14.6. The van der Waals surface area contributed by atoms with Crippen LogP contribution in [-0.4, -0.2) is 33.0 Å². The van der Waals surface area contributed by atoms with Gasteiger partial charge >= 0.3 is 5.97 Å². The first-order valence-corrected chi connectivity index (χ1v) is 7.16. The van der Waals surface area contributed by atoms with E-state index in [1.54, 1.807) is 10.6 Å². The number of carbonyl (C=O) groups is 2. The minimum atomic E-state index is -0.510. The molecule has 0 aliphatic carbocycles. The van der Waals surface area contributed by atoms with E-state index in [-0.39, 0.29) is 11.7 Å². The largest absolute Gasteiger partial charge is 0.459 e. The number of aromatic nitrogens is 2. The number of hydrogen-bond donors (Lipinski definition) is 0. The number of imidazole rings is 1. The van der Waals surface area contributed by atoms with Gasteiger partial charge in [-0.15, -0.1) is 0 Å². The van der Waals surface area contributed by atoms with Crippen LogP contribution in [0.2, 0.25) is 0 Å². The summed E-state index contributed by atoms with van der Waals surface area (Å²) in [5.41, 5.74) is 0.625. The van der Waals surface area contributed by atoms with Crippen LogP contribution in [0, 0.1) is 0 Å². The molecule has 2 rings (SSSR count). The standard InChI is InChI=1S/C14H16N2O3S/c1-14(2,3)19-12(18)9-20-13-10(8-17)16-7-5-4-6-11(16)15-13/h4-8H,9H2,1-3H3. The molecule has 6 heteroatoms. The zero-order valence-corrected chi connectivity index (χ0v) is 12.4. The Morgan fingerprint density at radius 1 is 1.45 bits per heavy atom. The van der Waals surface area contributed by atoms with Crippen molar-refractivity contribution in [2.75, 3.05) is 5.75 Å². The Hall–Kier alpha value is -1.82. The topological polar surface area (TPSA) is 60.7 Å². The lowest BCUT2D eigenvalue weighted by Gasteiger charge is -2.19. The predicted octanol–water partition coefficient (Wildman–Crippen LogP) is 2.58. The van der Waals surface area contributed by atoms with E-state index in [0.29, 0.717) is 16.4 Å². The van der Waals surface area contributed by atoms with Crippen molar-refractivity contribution in [2.45, 2.75) is 31.4 Å². The van der Waals surface area contributed by atoms with Crippen LogP contribution in [0.4, 0.5) is 0 Å². The maximum atomic E-state index is 11.7. The van der Waals surface area contributed by atoms with Crippen LogP contribution in [0.3, 0.4) is 0 Å². The van der Waals surface area contributed by atoms with Crippen LogP contribution < -0.4 is 0 Å². The molecule has 0 unspecified atom stereocenters. The predicted molar refractivity (Wildman–Crippen MR) is 77.1 cm³/mol. The van der Waals surface area contributed by atoms with Gasteiger partial charge in [0, 0.05) is 6.20 Å². The average Bonchev–Trinajstić information content (AvgIpc) is 2.71. The molecule has 0 spiro atoms. The Bertz CT molecular complexity index is 643. The molecule has 20 heavy (non-hydrogen) atoms. The number of thioether (sulfide) groups is 1. The van der Waals surface area contributed by atoms with Crippen molar-refractivity contribution < 1.29 is 14.3 Å². The first-order chi connectivity index (χ1) is 9.40.